The fourth-order valence-electron chi connectivity index (χ4n) is 1.57. The lowest BCUT2D eigenvalue weighted by molar-refractivity contribution is 0.195. The van der Waals surface area contributed by atoms with Crippen LogP contribution in [0.15, 0.2) is 33.4 Å². The van der Waals surface area contributed by atoms with E-state index in [0.717, 1.165) is 21.0 Å². The number of rotatable bonds is 2. The molecule has 74 valence electrons. The normalized spacial score (nSPS) is 13.4. The number of furan rings is 1. The number of benzene rings is 1. The van der Waals surface area contributed by atoms with Gasteiger partial charge in [-0.05, 0) is 34.5 Å². The predicted molar refractivity (Wildman–Crippen MR) is 59.3 cm³/mol. The lowest BCUT2D eigenvalue weighted by Crippen LogP contribution is -2.03. The summed E-state index contributed by atoms with van der Waals surface area (Å²) in [6.07, 6.45) is 1.96. The van der Waals surface area contributed by atoms with Gasteiger partial charge in [0.1, 0.15) is 11.8 Å². The van der Waals surface area contributed by atoms with Gasteiger partial charge in [-0.3, -0.25) is 0 Å². The Morgan fingerprint density at radius 3 is 3.00 bits per heavy atom. The second-order valence-corrected chi connectivity index (χ2v) is 4.28. The number of fused-ring (bicyclic) bond motifs is 1. The molecule has 0 bridgehead atoms. The highest BCUT2D eigenvalue weighted by molar-refractivity contribution is 9.10. The zero-order valence-corrected chi connectivity index (χ0v) is 9.41. The Hall–Kier alpha value is -0.800. The van der Waals surface area contributed by atoms with Crippen LogP contribution in [0, 0.1) is 0 Å². The number of hydrogen-bond acceptors (Lipinski definition) is 2. The van der Waals surface area contributed by atoms with Crippen LogP contribution in [0.3, 0.4) is 0 Å². The van der Waals surface area contributed by atoms with Crippen LogP contribution in [0.25, 0.3) is 11.0 Å². The van der Waals surface area contributed by atoms with Crippen LogP contribution >= 0.6 is 15.9 Å². The van der Waals surface area contributed by atoms with Gasteiger partial charge in [-0.15, -0.1) is 0 Å². The predicted octanol–water partition coefficient (Wildman–Crippen LogP) is 3.12. The summed E-state index contributed by atoms with van der Waals surface area (Å²) in [7, 11) is 0. The lowest BCUT2D eigenvalue weighted by atomic mass is 10.1. The van der Waals surface area contributed by atoms with E-state index in [-0.39, 0.29) is 6.10 Å². The molecular weight excluding hydrogens is 244 g/mol. The van der Waals surface area contributed by atoms with Crippen molar-refractivity contribution in [3.05, 3.63) is 34.5 Å². The maximum Gasteiger partial charge on any atom is 0.138 e. The van der Waals surface area contributed by atoms with Crippen LogP contribution in [0.4, 0.5) is 0 Å². The maximum absolute atomic E-state index is 9.32. The lowest BCUT2D eigenvalue weighted by Gasteiger charge is -2.04. The van der Waals surface area contributed by atoms with Gasteiger partial charge in [0, 0.05) is 11.8 Å². The van der Waals surface area contributed by atoms with Crippen molar-refractivity contribution < 1.29 is 9.52 Å². The first-order chi connectivity index (χ1) is 6.68. The van der Waals surface area contributed by atoms with E-state index in [4.69, 9.17) is 4.42 Å². The molecule has 0 fully saturated rings. The molecule has 1 unspecified atom stereocenters. The number of halogens is 1. The van der Waals surface area contributed by atoms with Crippen LogP contribution in [0.2, 0.25) is 0 Å². The molecule has 0 amide bonds. The monoisotopic (exact) mass is 254 g/mol. The standard InChI is InChI=1S/C11H11BrO2/c1-7(13)5-8-3-2-4-9-10(12)6-14-11(8)9/h2-4,6-7,13H,5H2,1H3. The third-order valence-electron chi connectivity index (χ3n) is 2.15. The minimum Gasteiger partial charge on any atom is -0.463 e. The summed E-state index contributed by atoms with van der Waals surface area (Å²) in [4.78, 5) is 0. The molecule has 2 aromatic rings. The van der Waals surface area contributed by atoms with Crippen molar-refractivity contribution in [1.82, 2.24) is 0 Å². The molecule has 1 heterocycles. The molecule has 0 aliphatic rings. The SMILES string of the molecule is CC(O)Cc1cccc2c(Br)coc12. The Morgan fingerprint density at radius 1 is 1.50 bits per heavy atom. The molecule has 0 saturated heterocycles. The van der Waals surface area contributed by atoms with Crippen LogP contribution in [0.5, 0.6) is 0 Å². The summed E-state index contributed by atoms with van der Waals surface area (Å²) in [5.41, 5.74) is 1.91. The third kappa shape index (κ3) is 1.70. The number of aliphatic hydroxyl groups is 1. The van der Waals surface area contributed by atoms with Crippen LogP contribution < -0.4 is 0 Å². The second-order valence-electron chi connectivity index (χ2n) is 3.43. The zero-order valence-electron chi connectivity index (χ0n) is 7.83. The summed E-state index contributed by atoms with van der Waals surface area (Å²) in [5, 5.41) is 10.4. The van der Waals surface area contributed by atoms with Crippen molar-refractivity contribution >= 4 is 26.9 Å². The van der Waals surface area contributed by atoms with Gasteiger partial charge in [0.05, 0.1) is 10.6 Å². The van der Waals surface area contributed by atoms with E-state index in [1.807, 2.05) is 18.2 Å². The summed E-state index contributed by atoms with van der Waals surface area (Å²) in [5.74, 6) is 0. The summed E-state index contributed by atoms with van der Waals surface area (Å²) < 4.78 is 6.38. The topological polar surface area (TPSA) is 33.4 Å². The van der Waals surface area contributed by atoms with E-state index >= 15 is 0 Å². The van der Waals surface area contributed by atoms with Crippen molar-refractivity contribution in [2.45, 2.75) is 19.4 Å². The Bertz CT molecular complexity index is 445. The van der Waals surface area contributed by atoms with Crippen molar-refractivity contribution in [2.75, 3.05) is 0 Å². The van der Waals surface area contributed by atoms with Gasteiger partial charge in [0.15, 0.2) is 0 Å². The van der Waals surface area contributed by atoms with Gasteiger partial charge >= 0.3 is 0 Å². The molecule has 2 rings (SSSR count). The number of hydrogen-bond donors (Lipinski definition) is 1. The van der Waals surface area contributed by atoms with E-state index < -0.39 is 0 Å². The van der Waals surface area contributed by atoms with Crippen molar-refractivity contribution in [3.63, 3.8) is 0 Å². The summed E-state index contributed by atoms with van der Waals surface area (Å²) in [6.45, 7) is 1.77. The Kier molecular flexibility index (Phi) is 2.61. The average molecular weight is 255 g/mol. The molecule has 2 nitrogen and oxygen atoms in total. The molecule has 1 aromatic heterocycles. The fourth-order valence-corrected chi connectivity index (χ4v) is 1.97. The van der Waals surface area contributed by atoms with Crippen molar-refractivity contribution in [2.24, 2.45) is 0 Å². The summed E-state index contributed by atoms with van der Waals surface area (Å²) in [6, 6.07) is 5.94. The Balaban J connectivity index is 2.54. The fraction of sp³-hybridized carbons (Fsp3) is 0.273. The third-order valence-corrected chi connectivity index (χ3v) is 2.76. The van der Waals surface area contributed by atoms with Crippen LogP contribution in [-0.4, -0.2) is 11.2 Å². The smallest absolute Gasteiger partial charge is 0.138 e. The Labute approximate surface area is 90.7 Å². The van der Waals surface area contributed by atoms with Gasteiger partial charge in [-0.1, -0.05) is 12.1 Å². The van der Waals surface area contributed by atoms with Gasteiger partial charge in [0.2, 0.25) is 0 Å². The Morgan fingerprint density at radius 2 is 2.29 bits per heavy atom. The molecule has 1 aromatic carbocycles. The maximum atomic E-state index is 9.32. The van der Waals surface area contributed by atoms with Gasteiger partial charge in [-0.2, -0.15) is 0 Å². The van der Waals surface area contributed by atoms with E-state index in [1.54, 1.807) is 13.2 Å². The highest BCUT2D eigenvalue weighted by atomic mass is 79.9. The largest absolute Gasteiger partial charge is 0.463 e. The first-order valence-corrected chi connectivity index (χ1v) is 5.30. The molecule has 0 aliphatic heterocycles. The number of aliphatic hydroxyl groups excluding tert-OH is 1. The van der Waals surface area contributed by atoms with Crippen molar-refractivity contribution in [1.29, 1.82) is 0 Å². The van der Waals surface area contributed by atoms with E-state index in [2.05, 4.69) is 15.9 Å². The molecule has 1 atom stereocenters. The first-order valence-electron chi connectivity index (χ1n) is 4.51. The minimum absolute atomic E-state index is 0.343. The first kappa shape index (κ1) is 9.74. The molecule has 3 heteroatoms. The quantitative estimate of drug-likeness (QED) is 0.894. The molecule has 0 aliphatic carbocycles. The molecule has 0 saturated carbocycles. The van der Waals surface area contributed by atoms with E-state index in [1.165, 1.54) is 0 Å². The van der Waals surface area contributed by atoms with Gasteiger partial charge < -0.3 is 9.52 Å². The minimum atomic E-state index is -0.343. The number of para-hydroxylation sites is 1. The molecule has 1 N–H and O–H groups in total. The molecule has 14 heavy (non-hydrogen) atoms. The molecule has 0 radical (unpaired) electrons. The van der Waals surface area contributed by atoms with Gasteiger partial charge in [-0.25, -0.2) is 0 Å². The van der Waals surface area contributed by atoms with E-state index in [0.29, 0.717) is 6.42 Å². The van der Waals surface area contributed by atoms with Crippen LogP contribution in [-0.2, 0) is 6.42 Å². The highest BCUT2D eigenvalue weighted by Crippen LogP contribution is 2.28. The average Bonchev–Trinajstić information content (AvgIpc) is 2.49. The molecule has 0 spiro atoms. The zero-order chi connectivity index (χ0) is 10.1. The van der Waals surface area contributed by atoms with Crippen molar-refractivity contribution in [3.8, 4) is 0 Å². The highest BCUT2D eigenvalue weighted by Gasteiger charge is 2.09. The second kappa shape index (κ2) is 3.75. The molecular formula is C11H11BrO2. The van der Waals surface area contributed by atoms with Gasteiger partial charge in [0.25, 0.3) is 0 Å². The van der Waals surface area contributed by atoms with Crippen LogP contribution in [0.1, 0.15) is 12.5 Å². The summed E-state index contributed by atoms with van der Waals surface area (Å²) >= 11 is 3.41. The van der Waals surface area contributed by atoms with E-state index in [9.17, 15) is 5.11 Å².